The number of carbonyl (C=O) groups excluding carboxylic acids is 1. The minimum atomic E-state index is -0.809. The minimum Gasteiger partial charge on any atom is -0.337 e. The lowest BCUT2D eigenvalue weighted by atomic mass is 9.98. The molecule has 0 aliphatic heterocycles. The summed E-state index contributed by atoms with van der Waals surface area (Å²) in [6.45, 7) is 6.09. The highest BCUT2D eigenvalue weighted by Crippen LogP contribution is 2.39. The molecule has 1 unspecified atom stereocenters. The third-order valence-electron chi connectivity index (χ3n) is 5.71. The van der Waals surface area contributed by atoms with E-state index in [4.69, 9.17) is 0 Å². The molecule has 7 nitrogen and oxygen atoms in total. The summed E-state index contributed by atoms with van der Waals surface area (Å²) in [6, 6.07) is 14.2. The molecule has 1 aliphatic carbocycles. The second-order valence-corrected chi connectivity index (χ2v) is 9.46. The average molecular weight is 447 g/mol. The molecule has 2 heterocycles. The molecule has 1 amide bonds. The first kappa shape index (κ1) is 22.0. The molecular formula is C24H26N6OS. The first-order valence-electron chi connectivity index (χ1n) is 10.7. The van der Waals surface area contributed by atoms with Crippen molar-refractivity contribution < 1.29 is 4.79 Å². The Bertz CT molecular complexity index is 1150. The van der Waals surface area contributed by atoms with Gasteiger partial charge < -0.3 is 5.32 Å². The van der Waals surface area contributed by atoms with Gasteiger partial charge in [0.2, 0.25) is 5.91 Å². The van der Waals surface area contributed by atoms with Gasteiger partial charge in [-0.1, -0.05) is 43.8 Å². The third-order valence-corrected chi connectivity index (χ3v) is 6.64. The topological polar surface area (TPSA) is 96.5 Å². The van der Waals surface area contributed by atoms with E-state index in [9.17, 15) is 10.1 Å². The zero-order chi connectivity index (χ0) is 22.7. The molecule has 0 bridgehead atoms. The highest BCUT2D eigenvalue weighted by Gasteiger charge is 2.43. The second-order valence-electron chi connectivity index (χ2n) is 8.52. The summed E-state index contributed by atoms with van der Waals surface area (Å²) in [5, 5.41) is 21.9. The summed E-state index contributed by atoms with van der Waals surface area (Å²) < 4.78 is 1.99. The van der Waals surface area contributed by atoms with Crippen molar-refractivity contribution in [3.8, 4) is 23.1 Å². The Kier molecular flexibility index (Phi) is 6.28. The van der Waals surface area contributed by atoms with Gasteiger partial charge in [-0.05, 0) is 55.4 Å². The molecule has 2 aromatic heterocycles. The van der Waals surface area contributed by atoms with Crippen molar-refractivity contribution in [2.24, 2.45) is 5.92 Å². The molecule has 0 saturated heterocycles. The predicted molar refractivity (Wildman–Crippen MR) is 124 cm³/mol. The van der Waals surface area contributed by atoms with Crippen LogP contribution < -0.4 is 5.32 Å². The van der Waals surface area contributed by atoms with Crippen molar-refractivity contribution in [3.63, 3.8) is 0 Å². The van der Waals surface area contributed by atoms with E-state index >= 15 is 0 Å². The summed E-state index contributed by atoms with van der Waals surface area (Å²) in [4.78, 5) is 16.9. The van der Waals surface area contributed by atoms with Crippen LogP contribution >= 0.6 is 11.8 Å². The number of aromatic nitrogens is 4. The number of nitrogens with zero attached hydrogens (tertiary/aromatic N) is 5. The second kappa shape index (κ2) is 9.13. The fourth-order valence-corrected chi connectivity index (χ4v) is 4.52. The van der Waals surface area contributed by atoms with Crippen molar-refractivity contribution in [1.29, 1.82) is 5.26 Å². The molecule has 1 N–H and O–H groups in total. The number of rotatable bonds is 8. The van der Waals surface area contributed by atoms with Crippen LogP contribution in [0, 0.1) is 17.2 Å². The number of carbonyl (C=O) groups is 1. The number of hydrogen-bond donors (Lipinski definition) is 1. The highest BCUT2D eigenvalue weighted by molar-refractivity contribution is 7.99. The lowest BCUT2D eigenvalue weighted by Gasteiger charge is -2.22. The smallest absolute Gasteiger partial charge is 0.231 e. The largest absolute Gasteiger partial charge is 0.337 e. The minimum absolute atomic E-state index is 0.152. The predicted octanol–water partition coefficient (Wildman–Crippen LogP) is 4.35. The molecule has 4 rings (SSSR count). The zero-order valence-electron chi connectivity index (χ0n) is 18.4. The molecule has 3 aromatic rings. The van der Waals surface area contributed by atoms with Crippen LogP contribution in [-0.4, -0.2) is 36.9 Å². The van der Waals surface area contributed by atoms with Crippen molar-refractivity contribution in [1.82, 2.24) is 25.1 Å². The molecule has 0 radical (unpaired) electrons. The van der Waals surface area contributed by atoms with E-state index in [0.717, 1.165) is 29.7 Å². The van der Waals surface area contributed by atoms with E-state index in [1.54, 1.807) is 19.3 Å². The number of thioether (sulfide) groups is 1. The van der Waals surface area contributed by atoms with Gasteiger partial charge in [0.05, 0.1) is 17.5 Å². The molecule has 1 saturated carbocycles. The Morgan fingerprint density at radius 2 is 2.06 bits per heavy atom. The first-order chi connectivity index (χ1) is 15.4. The van der Waals surface area contributed by atoms with Crippen LogP contribution in [0.4, 0.5) is 0 Å². The lowest BCUT2D eigenvalue weighted by Crippen LogP contribution is -2.47. The molecule has 8 heteroatoms. The lowest BCUT2D eigenvalue weighted by molar-refractivity contribution is -0.119. The number of amides is 1. The third kappa shape index (κ3) is 4.53. The van der Waals surface area contributed by atoms with E-state index in [-0.39, 0.29) is 17.6 Å². The Hall–Kier alpha value is -3.18. The Morgan fingerprint density at radius 1 is 1.28 bits per heavy atom. The molecule has 0 spiro atoms. The van der Waals surface area contributed by atoms with Crippen LogP contribution in [0.1, 0.15) is 45.1 Å². The van der Waals surface area contributed by atoms with Crippen LogP contribution in [0.15, 0.2) is 53.9 Å². The summed E-state index contributed by atoms with van der Waals surface area (Å²) in [5.74, 6) is 1.18. The van der Waals surface area contributed by atoms with Crippen molar-refractivity contribution in [2.45, 2.75) is 50.2 Å². The summed E-state index contributed by atoms with van der Waals surface area (Å²) in [6.07, 6.45) is 5.44. The first-order valence-corrected chi connectivity index (χ1v) is 11.7. The quantitative estimate of drug-likeness (QED) is 0.517. The Balaban J connectivity index is 1.65. The molecule has 1 atom stereocenters. The van der Waals surface area contributed by atoms with Gasteiger partial charge >= 0.3 is 0 Å². The van der Waals surface area contributed by atoms with Gasteiger partial charge in [-0.3, -0.25) is 14.3 Å². The number of para-hydroxylation sites is 1. The maximum absolute atomic E-state index is 12.7. The number of hydrogen-bond acceptors (Lipinski definition) is 6. The fourth-order valence-electron chi connectivity index (χ4n) is 3.78. The normalized spacial score (nSPS) is 15.2. The standard InChI is InChI=1S/C24H26N6OS/c1-16(2)19-8-4-5-9-20(19)30-22(17-7-6-12-26-13-17)28-29-23(30)32-14-21(31)27-24(3,15-25)18-10-11-18/h4-9,12-13,16,18H,10-11,14H2,1-3H3,(H,27,31). The Labute approximate surface area is 192 Å². The van der Waals surface area contributed by atoms with E-state index in [1.807, 2.05) is 34.9 Å². The maximum atomic E-state index is 12.7. The molecule has 1 fully saturated rings. The summed E-state index contributed by atoms with van der Waals surface area (Å²) in [7, 11) is 0. The van der Waals surface area contributed by atoms with E-state index in [2.05, 4.69) is 46.5 Å². The SMILES string of the molecule is CC(C)c1ccccc1-n1c(SCC(=O)NC(C)(C#N)C2CC2)nnc1-c1cccnc1. The molecule has 1 aliphatic rings. The van der Waals surface area contributed by atoms with E-state index < -0.39 is 5.54 Å². The Morgan fingerprint density at radius 3 is 2.72 bits per heavy atom. The van der Waals surface area contributed by atoms with Gasteiger partial charge in [-0.25, -0.2) is 0 Å². The van der Waals surface area contributed by atoms with Gasteiger partial charge in [0.15, 0.2) is 11.0 Å². The zero-order valence-corrected chi connectivity index (χ0v) is 19.3. The van der Waals surface area contributed by atoms with Crippen LogP contribution in [0.25, 0.3) is 17.1 Å². The van der Waals surface area contributed by atoms with Gasteiger partial charge in [0, 0.05) is 18.0 Å². The van der Waals surface area contributed by atoms with Crippen molar-refractivity contribution >= 4 is 17.7 Å². The maximum Gasteiger partial charge on any atom is 0.231 e. The van der Waals surface area contributed by atoms with E-state index in [0.29, 0.717) is 16.9 Å². The average Bonchev–Trinajstić information content (AvgIpc) is 3.58. The van der Waals surface area contributed by atoms with E-state index in [1.165, 1.54) is 11.8 Å². The van der Waals surface area contributed by atoms with Gasteiger partial charge in [0.25, 0.3) is 0 Å². The van der Waals surface area contributed by atoms with Crippen LogP contribution in [0.5, 0.6) is 0 Å². The van der Waals surface area contributed by atoms with Gasteiger partial charge in [-0.15, -0.1) is 10.2 Å². The fraction of sp³-hybridized carbons (Fsp3) is 0.375. The number of nitriles is 1. The van der Waals surface area contributed by atoms with Crippen molar-refractivity contribution in [3.05, 3.63) is 54.4 Å². The number of pyridine rings is 1. The van der Waals surface area contributed by atoms with Crippen LogP contribution in [0.2, 0.25) is 0 Å². The highest BCUT2D eigenvalue weighted by atomic mass is 32.2. The molecule has 164 valence electrons. The summed E-state index contributed by atoms with van der Waals surface area (Å²) >= 11 is 1.32. The monoisotopic (exact) mass is 446 g/mol. The number of benzene rings is 1. The number of nitrogens with one attached hydrogen (secondary N) is 1. The van der Waals surface area contributed by atoms with Gasteiger partial charge in [-0.2, -0.15) is 5.26 Å². The summed E-state index contributed by atoms with van der Waals surface area (Å²) in [5.41, 5.74) is 2.18. The molecule has 32 heavy (non-hydrogen) atoms. The van der Waals surface area contributed by atoms with Crippen molar-refractivity contribution in [2.75, 3.05) is 5.75 Å². The van der Waals surface area contributed by atoms with Crippen LogP contribution in [0.3, 0.4) is 0 Å². The van der Waals surface area contributed by atoms with Crippen LogP contribution in [-0.2, 0) is 4.79 Å². The molecular weight excluding hydrogens is 420 g/mol. The van der Waals surface area contributed by atoms with Gasteiger partial charge in [0.1, 0.15) is 5.54 Å². The molecule has 1 aromatic carbocycles.